The van der Waals surface area contributed by atoms with Crippen molar-refractivity contribution in [2.45, 2.75) is 0 Å². The van der Waals surface area contributed by atoms with Crippen molar-refractivity contribution in [2.24, 2.45) is 5.92 Å². The van der Waals surface area contributed by atoms with Crippen molar-refractivity contribution < 1.29 is 0 Å². The molecule has 0 fully saturated rings. The van der Waals surface area contributed by atoms with E-state index >= 15 is 0 Å². The van der Waals surface area contributed by atoms with Gasteiger partial charge in [-0.2, -0.15) is 0 Å². The Labute approximate surface area is 113 Å². The third-order valence-corrected chi connectivity index (χ3v) is 3.95. The Morgan fingerprint density at radius 3 is 2.68 bits per heavy atom. The number of allylic oxidation sites excluding steroid dienone is 8. The fourth-order valence-electron chi connectivity index (χ4n) is 3.04. The molecule has 0 nitrogen and oxygen atoms in total. The summed E-state index contributed by atoms with van der Waals surface area (Å²) in [7, 11) is 0. The first kappa shape index (κ1) is 10.6. The molecule has 0 saturated heterocycles. The van der Waals surface area contributed by atoms with Crippen molar-refractivity contribution >= 4 is 16.3 Å². The average Bonchev–Trinajstić information content (AvgIpc) is 2.95. The normalized spacial score (nSPS) is 20.3. The lowest BCUT2D eigenvalue weighted by atomic mass is 9.83. The van der Waals surface area contributed by atoms with Gasteiger partial charge in [0.25, 0.3) is 0 Å². The highest BCUT2D eigenvalue weighted by molar-refractivity contribution is 5.96. The quantitative estimate of drug-likeness (QED) is 0.666. The summed E-state index contributed by atoms with van der Waals surface area (Å²) in [6.07, 6.45) is 13.3. The molecule has 0 amide bonds. The summed E-state index contributed by atoms with van der Waals surface area (Å²) in [6, 6.07) is 15.2. The second-order valence-electron chi connectivity index (χ2n) is 5.04. The second kappa shape index (κ2) is 4.10. The highest BCUT2D eigenvalue weighted by Crippen LogP contribution is 2.39. The van der Waals surface area contributed by atoms with E-state index in [9.17, 15) is 0 Å². The lowest BCUT2D eigenvalue weighted by Gasteiger charge is -2.20. The molecule has 1 unspecified atom stereocenters. The number of benzene rings is 2. The van der Waals surface area contributed by atoms with E-state index in [4.69, 9.17) is 0 Å². The minimum absolute atomic E-state index is 0.427. The van der Waals surface area contributed by atoms with Gasteiger partial charge in [0.1, 0.15) is 0 Å². The van der Waals surface area contributed by atoms with Gasteiger partial charge in [-0.25, -0.2) is 0 Å². The summed E-state index contributed by atoms with van der Waals surface area (Å²) in [6.45, 7) is 0. The molecule has 0 aliphatic heterocycles. The molecule has 2 aromatic carbocycles. The third kappa shape index (κ3) is 1.61. The number of hydrogen-bond acceptors (Lipinski definition) is 0. The Morgan fingerprint density at radius 2 is 1.68 bits per heavy atom. The van der Waals surface area contributed by atoms with E-state index in [1.165, 1.54) is 27.5 Å². The fraction of sp³-hybridized carbons (Fsp3) is 0.0526. The monoisotopic (exact) mass is 242 g/mol. The molecule has 0 N–H and O–H groups in total. The van der Waals surface area contributed by atoms with Gasteiger partial charge in [0, 0.05) is 5.92 Å². The van der Waals surface area contributed by atoms with E-state index in [1.54, 1.807) is 0 Å². The summed E-state index contributed by atoms with van der Waals surface area (Å²) in [5, 5.41) is 2.65. The van der Waals surface area contributed by atoms with Crippen molar-refractivity contribution in [3.8, 4) is 0 Å². The van der Waals surface area contributed by atoms with Gasteiger partial charge in [0.15, 0.2) is 0 Å². The molecule has 0 saturated carbocycles. The fourth-order valence-corrected chi connectivity index (χ4v) is 3.04. The van der Waals surface area contributed by atoms with Crippen LogP contribution >= 0.6 is 0 Å². The average molecular weight is 242 g/mol. The molecule has 0 heteroatoms. The molecular formula is C19H14. The summed E-state index contributed by atoms with van der Waals surface area (Å²) in [5.41, 5.74) is 4.15. The Hall–Kier alpha value is -2.34. The predicted molar refractivity (Wildman–Crippen MR) is 81.8 cm³/mol. The smallest absolute Gasteiger partial charge is 0.0278 e. The lowest BCUT2D eigenvalue weighted by Crippen LogP contribution is -2.03. The maximum Gasteiger partial charge on any atom is 0.0278 e. The third-order valence-electron chi connectivity index (χ3n) is 3.95. The molecule has 1 atom stereocenters. The molecule has 4 rings (SSSR count). The molecule has 0 aromatic heterocycles. The molecule has 2 aromatic rings. The summed E-state index contributed by atoms with van der Waals surface area (Å²) < 4.78 is 0. The van der Waals surface area contributed by atoms with Gasteiger partial charge >= 0.3 is 0 Å². The zero-order valence-electron chi connectivity index (χ0n) is 10.6. The highest BCUT2D eigenvalue weighted by Gasteiger charge is 2.21. The first-order valence-corrected chi connectivity index (χ1v) is 6.68. The molecule has 0 spiro atoms. The Bertz CT molecular complexity index is 764. The Balaban J connectivity index is 1.96. The second-order valence-corrected chi connectivity index (χ2v) is 5.04. The molecule has 2 aliphatic rings. The Morgan fingerprint density at radius 1 is 0.789 bits per heavy atom. The van der Waals surface area contributed by atoms with E-state index < -0.39 is 0 Å². The van der Waals surface area contributed by atoms with Crippen LogP contribution in [0.15, 0.2) is 84.5 Å². The van der Waals surface area contributed by atoms with Crippen LogP contribution in [0.1, 0.15) is 5.56 Å². The maximum absolute atomic E-state index is 2.28. The molecule has 0 heterocycles. The van der Waals surface area contributed by atoms with Crippen molar-refractivity contribution in [3.05, 3.63) is 90.1 Å². The Kier molecular flexibility index (Phi) is 2.28. The summed E-state index contributed by atoms with van der Waals surface area (Å²) in [4.78, 5) is 0. The van der Waals surface area contributed by atoms with Crippen LogP contribution in [0.3, 0.4) is 0 Å². The van der Waals surface area contributed by atoms with Crippen LogP contribution in [-0.2, 0) is 0 Å². The van der Waals surface area contributed by atoms with Gasteiger partial charge in [0.05, 0.1) is 0 Å². The summed E-state index contributed by atoms with van der Waals surface area (Å²) >= 11 is 0. The van der Waals surface area contributed by atoms with Gasteiger partial charge < -0.3 is 0 Å². The highest BCUT2D eigenvalue weighted by atomic mass is 14.2. The minimum Gasteiger partial charge on any atom is -0.0726 e. The lowest BCUT2D eigenvalue weighted by molar-refractivity contribution is 1.05. The van der Waals surface area contributed by atoms with Crippen LogP contribution in [0.2, 0.25) is 0 Å². The van der Waals surface area contributed by atoms with Crippen LogP contribution in [0.5, 0.6) is 0 Å². The standard InChI is InChI=1S/C19H14/c1-2-10-16-14(6-1)8-4-12-18(16)19-13-5-9-15-7-3-11-17(15)19/h1-13,17H. The van der Waals surface area contributed by atoms with Crippen LogP contribution in [0.4, 0.5) is 0 Å². The zero-order valence-corrected chi connectivity index (χ0v) is 10.6. The molecule has 90 valence electrons. The number of fused-ring (bicyclic) bond motifs is 2. The van der Waals surface area contributed by atoms with Gasteiger partial charge in [-0.15, -0.1) is 0 Å². The van der Waals surface area contributed by atoms with Crippen LogP contribution in [0, 0.1) is 5.92 Å². The number of rotatable bonds is 1. The predicted octanol–water partition coefficient (Wildman–Crippen LogP) is 4.91. The van der Waals surface area contributed by atoms with E-state index in [0.717, 1.165) is 0 Å². The molecule has 0 radical (unpaired) electrons. The number of hydrogen-bond donors (Lipinski definition) is 0. The van der Waals surface area contributed by atoms with Crippen LogP contribution in [0.25, 0.3) is 16.3 Å². The van der Waals surface area contributed by atoms with E-state index in [2.05, 4.69) is 78.9 Å². The van der Waals surface area contributed by atoms with Crippen molar-refractivity contribution in [1.29, 1.82) is 0 Å². The van der Waals surface area contributed by atoms with Gasteiger partial charge in [-0.3, -0.25) is 0 Å². The molecule has 2 aliphatic carbocycles. The van der Waals surface area contributed by atoms with Gasteiger partial charge in [-0.1, -0.05) is 78.9 Å². The molecule has 0 bridgehead atoms. The van der Waals surface area contributed by atoms with E-state index in [0.29, 0.717) is 5.92 Å². The summed E-state index contributed by atoms with van der Waals surface area (Å²) in [5.74, 6) is 0.427. The van der Waals surface area contributed by atoms with Crippen molar-refractivity contribution in [2.75, 3.05) is 0 Å². The largest absolute Gasteiger partial charge is 0.0726 e. The minimum atomic E-state index is 0.427. The first-order chi connectivity index (χ1) is 9.43. The van der Waals surface area contributed by atoms with Crippen LogP contribution in [-0.4, -0.2) is 0 Å². The van der Waals surface area contributed by atoms with Crippen molar-refractivity contribution in [3.63, 3.8) is 0 Å². The first-order valence-electron chi connectivity index (χ1n) is 6.68. The van der Waals surface area contributed by atoms with Crippen LogP contribution < -0.4 is 0 Å². The van der Waals surface area contributed by atoms with E-state index in [-0.39, 0.29) is 0 Å². The van der Waals surface area contributed by atoms with Crippen molar-refractivity contribution in [1.82, 2.24) is 0 Å². The molecule has 19 heavy (non-hydrogen) atoms. The topological polar surface area (TPSA) is 0 Å². The molecular weight excluding hydrogens is 228 g/mol. The zero-order chi connectivity index (χ0) is 12.7. The van der Waals surface area contributed by atoms with Gasteiger partial charge in [0.2, 0.25) is 0 Å². The maximum atomic E-state index is 2.28. The van der Waals surface area contributed by atoms with E-state index in [1.807, 2.05) is 0 Å². The SMILES string of the molecule is C1=CC2=CC=CC2C(c2cccc3ccccc23)=C1. The van der Waals surface area contributed by atoms with Gasteiger partial charge in [-0.05, 0) is 27.5 Å².